The molecule has 0 spiro atoms. The highest BCUT2D eigenvalue weighted by Gasteiger charge is 2.35. The summed E-state index contributed by atoms with van der Waals surface area (Å²) < 4.78 is 10.8. The lowest BCUT2D eigenvalue weighted by atomic mass is 9.82. The van der Waals surface area contributed by atoms with Gasteiger partial charge in [0.25, 0.3) is 0 Å². The van der Waals surface area contributed by atoms with E-state index in [4.69, 9.17) is 9.47 Å². The fraction of sp³-hybridized carbons (Fsp3) is 0.895. The van der Waals surface area contributed by atoms with E-state index in [2.05, 4.69) is 27.7 Å². The van der Waals surface area contributed by atoms with Gasteiger partial charge in [-0.05, 0) is 31.6 Å². The molecule has 0 fully saturated rings. The molecule has 2 unspecified atom stereocenters. The van der Waals surface area contributed by atoms with E-state index in [9.17, 15) is 9.59 Å². The molecule has 0 saturated heterocycles. The molecule has 2 atom stereocenters. The molecule has 0 aromatic rings. The van der Waals surface area contributed by atoms with Gasteiger partial charge in [0, 0.05) is 0 Å². The Labute approximate surface area is 142 Å². The first-order valence-electron chi connectivity index (χ1n) is 9.31. The summed E-state index contributed by atoms with van der Waals surface area (Å²) in [5, 5.41) is 0. The van der Waals surface area contributed by atoms with Gasteiger partial charge in [-0.15, -0.1) is 0 Å². The number of hydrogen-bond donors (Lipinski definition) is 0. The van der Waals surface area contributed by atoms with Crippen molar-refractivity contribution in [3.05, 3.63) is 0 Å². The Bertz CT molecular complexity index is 325. The Balaban J connectivity index is 4.92. The van der Waals surface area contributed by atoms with Gasteiger partial charge in [0.05, 0.1) is 25.0 Å². The van der Waals surface area contributed by atoms with E-state index in [-0.39, 0.29) is 23.8 Å². The molecular formula is C19H36O4. The second kappa shape index (κ2) is 13.4. The average Bonchev–Trinajstić information content (AvgIpc) is 2.50. The summed E-state index contributed by atoms with van der Waals surface area (Å²) in [5.41, 5.74) is 0. The largest absolute Gasteiger partial charge is 0.465 e. The predicted molar refractivity (Wildman–Crippen MR) is 93.1 cm³/mol. The first kappa shape index (κ1) is 21.9. The minimum absolute atomic E-state index is 0.238. The van der Waals surface area contributed by atoms with E-state index < -0.39 is 0 Å². The summed E-state index contributed by atoms with van der Waals surface area (Å²) in [6.45, 7) is 11.2. The third kappa shape index (κ3) is 9.62. The average molecular weight is 328 g/mol. The minimum atomic E-state index is -0.388. The van der Waals surface area contributed by atoms with Crippen LogP contribution in [0.2, 0.25) is 0 Å². The third-order valence-electron chi connectivity index (χ3n) is 3.90. The molecular weight excluding hydrogens is 292 g/mol. The molecule has 0 aliphatic rings. The van der Waals surface area contributed by atoms with Gasteiger partial charge in [0.2, 0.25) is 0 Å². The monoisotopic (exact) mass is 328 g/mol. The normalized spacial score (nSPS) is 13.7. The molecule has 23 heavy (non-hydrogen) atoms. The maximum atomic E-state index is 12.5. The van der Waals surface area contributed by atoms with Crippen molar-refractivity contribution in [2.75, 3.05) is 13.2 Å². The fourth-order valence-corrected chi connectivity index (χ4v) is 2.58. The zero-order valence-electron chi connectivity index (χ0n) is 15.7. The van der Waals surface area contributed by atoms with Crippen LogP contribution in [0.4, 0.5) is 0 Å². The molecule has 0 saturated carbocycles. The summed E-state index contributed by atoms with van der Waals surface area (Å²) >= 11 is 0. The van der Waals surface area contributed by atoms with Crippen molar-refractivity contribution >= 4 is 11.9 Å². The summed E-state index contributed by atoms with van der Waals surface area (Å²) in [6, 6.07) is 0. The van der Waals surface area contributed by atoms with E-state index in [1.807, 2.05) is 6.92 Å². The van der Waals surface area contributed by atoms with Gasteiger partial charge >= 0.3 is 11.9 Å². The van der Waals surface area contributed by atoms with Crippen molar-refractivity contribution in [3.63, 3.8) is 0 Å². The van der Waals surface area contributed by atoms with Crippen LogP contribution in [0.5, 0.6) is 0 Å². The van der Waals surface area contributed by atoms with Crippen LogP contribution < -0.4 is 0 Å². The Kier molecular flexibility index (Phi) is 12.8. The topological polar surface area (TPSA) is 52.6 Å². The molecule has 0 N–H and O–H groups in total. The van der Waals surface area contributed by atoms with Crippen LogP contribution in [0.3, 0.4) is 0 Å². The van der Waals surface area contributed by atoms with E-state index in [0.29, 0.717) is 32.0 Å². The summed E-state index contributed by atoms with van der Waals surface area (Å²) in [5.74, 6) is -0.910. The number of carbonyl (C=O) groups is 2. The third-order valence-corrected chi connectivity index (χ3v) is 3.90. The molecule has 0 aromatic carbocycles. The molecule has 136 valence electrons. The van der Waals surface area contributed by atoms with E-state index >= 15 is 0 Å². The lowest BCUT2D eigenvalue weighted by Gasteiger charge is -2.25. The number of esters is 2. The Morgan fingerprint density at radius 3 is 1.65 bits per heavy atom. The highest BCUT2D eigenvalue weighted by molar-refractivity contribution is 5.82. The van der Waals surface area contributed by atoms with Crippen LogP contribution in [0.15, 0.2) is 0 Å². The summed E-state index contributed by atoms with van der Waals surface area (Å²) in [7, 11) is 0. The van der Waals surface area contributed by atoms with Crippen LogP contribution in [-0.2, 0) is 19.1 Å². The molecule has 0 radical (unpaired) electrons. The molecule has 0 bridgehead atoms. The van der Waals surface area contributed by atoms with E-state index in [1.165, 1.54) is 0 Å². The van der Waals surface area contributed by atoms with Crippen LogP contribution in [-0.4, -0.2) is 25.2 Å². The standard InChI is InChI=1S/C19H36O4/c1-6-9-12-22-18(20)16(11-8-3)17(14-15(4)5)19(21)23-13-10-7-2/h15-17H,6-14H2,1-5H3. The van der Waals surface area contributed by atoms with Gasteiger partial charge in [0.15, 0.2) is 0 Å². The van der Waals surface area contributed by atoms with Gasteiger partial charge in [0.1, 0.15) is 0 Å². The highest BCUT2D eigenvalue weighted by Crippen LogP contribution is 2.27. The lowest BCUT2D eigenvalue weighted by Crippen LogP contribution is -2.34. The van der Waals surface area contributed by atoms with Crippen molar-refractivity contribution in [2.24, 2.45) is 17.8 Å². The molecule has 0 rings (SSSR count). The zero-order chi connectivity index (χ0) is 17.7. The van der Waals surface area contributed by atoms with E-state index in [0.717, 1.165) is 32.1 Å². The maximum absolute atomic E-state index is 12.5. The number of unbranched alkanes of at least 4 members (excludes halogenated alkanes) is 2. The predicted octanol–water partition coefficient (Wildman–Crippen LogP) is 4.75. The smallest absolute Gasteiger partial charge is 0.309 e. The second-order valence-electron chi connectivity index (χ2n) is 6.67. The van der Waals surface area contributed by atoms with Crippen molar-refractivity contribution in [1.82, 2.24) is 0 Å². The first-order valence-corrected chi connectivity index (χ1v) is 9.31. The van der Waals surface area contributed by atoms with Crippen molar-refractivity contribution < 1.29 is 19.1 Å². The molecule has 4 heteroatoms. The Morgan fingerprint density at radius 1 is 0.783 bits per heavy atom. The number of ether oxygens (including phenoxy) is 2. The van der Waals surface area contributed by atoms with Crippen LogP contribution in [0, 0.1) is 17.8 Å². The van der Waals surface area contributed by atoms with Crippen LogP contribution >= 0.6 is 0 Å². The lowest BCUT2D eigenvalue weighted by molar-refractivity contribution is -0.162. The van der Waals surface area contributed by atoms with Gasteiger partial charge in [-0.25, -0.2) is 0 Å². The highest BCUT2D eigenvalue weighted by atomic mass is 16.5. The van der Waals surface area contributed by atoms with Crippen molar-refractivity contribution in [3.8, 4) is 0 Å². The van der Waals surface area contributed by atoms with Gasteiger partial charge < -0.3 is 9.47 Å². The van der Waals surface area contributed by atoms with Crippen molar-refractivity contribution in [1.29, 1.82) is 0 Å². The molecule has 0 aliphatic heterocycles. The molecule has 0 amide bonds. The van der Waals surface area contributed by atoms with Crippen LogP contribution in [0.1, 0.15) is 79.6 Å². The quantitative estimate of drug-likeness (QED) is 0.361. The first-order chi connectivity index (χ1) is 11.0. The van der Waals surface area contributed by atoms with Gasteiger partial charge in [-0.2, -0.15) is 0 Å². The maximum Gasteiger partial charge on any atom is 0.309 e. The van der Waals surface area contributed by atoms with Crippen molar-refractivity contribution in [2.45, 2.75) is 79.6 Å². The summed E-state index contributed by atoms with van der Waals surface area (Å²) in [4.78, 5) is 24.9. The second-order valence-corrected chi connectivity index (χ2v) is 6.67. The molecule has 0 heterocycles. The molecule has 0 aliphatic carbocycles. The van der Waals surface area contributed by atoms with E-state index in [1.54, 1.807) is 0 Å². The Hall–Kier alpha value is -1.06. The number of rotatable bonds is 13. The number of carbonyl (C=O) groups excluding carboxylic acids is 2. The number of hydrogen-bond acceptors (Lipinski definition) is 4. The molecule has 0 aromatic heterocycles. The molecule has 4 nitrogen and oxygen atoms in total. The minimum Gasteiger partial charge on any atom is -0.465 e. The van der Waals surface area contributed by atoms with Gasteiger partial charge in [-0.1, -0.05) is 53.9 Å². The van der Waals surface area contributed by atoms with Crippen LogP contribution in [0.25, 0.3) is 0 Å². The summed E-state index contributed by atoms with van der Waals surface area (Å²) in [6.07, 6.45) is 5.88. The van der Waals surface area contributed by atoms with Gasteiger partial charge in [-0.3, -0.25) is 9.59 Å². The zero-order valence-corrected chi connectivity index (χ0v) is 15.7. The Morgan fingerprint density at radius 2 is 1.26 bits per heavy atom. The fourth-order valence-electron chi connectivity index (χ4n) is 2.58. The SMILES string of the molecule is CCCCOC(=O)C(CCC)C(CC(C)C)C(=O)OCCCC.